The summed E-state index contributed by atoms with van der Waals surface area (Å²) in [5.41, 5.74) is 0. The summed E-state index contributed by atoms with van der Waals surface area (Å²) in [5.74, 6) is 0. The molecule has 45 heavy (non-hydrogen) atoms. The second-order valence-electron chi connectivity index (χ2n) is 15.7. The zero-order valence-corrected chi connectivity index (χ0v) is 33.4. The second-order valence-corrected chi connectivity index (χ2v) is 15.7. The van der Waals surface area contributed by atoms with Gasteiger partial charge in [0.1, 0.15) is 0 Å². The molecule has 0 aliphatic carbocycles. The number of rotatable bonds is 37. The van der Waals surface area contributed by atoms with E-state index in [4.69, 9.17) is 0 Å². The van der Waals surface area contributed by atoms with Crippen LogP contribution in [0, 0.1) is 0 Å². The van der Waals surface area contributed by atoms with Crippen LogP contribution in [0.25, 0.3) is 0 Å². The van der Waals surface area contributed by atoms with Gasteiger partial charge in [0.2, 0.25) is 0 Å². The molecular formula is C43H90ClN. The van der Waals surface area contributed by atoms with Crippen LogP contribution in [0.2, 0.25) is 0 Å². The van der Waals surface area contributed by atoms with Crippen LogP contribution >= 0.6 is 0 Å². The van der Waals surface area contributed by atoms with Gasteiger partial charge in [0.25, 0.3) is 0 Å². The van der Waals surface area contributed by atoms with Gasteiger partial charge in [-0.15, -0.1) is 0 Å². The van der Waals surface area contributed by atoms with Gasteiger partial charge < -0.3 is 17.3 Å². The summed E-state index contributed by atoms with van der Waals surface area (Å²) in [7, 11) is 0. The molecule has 274 valence electrons. The van der Waals surface area contributed by atoms with Crippen molar-refractivity contribution in [2.45, 2.75) is 278 Å². The SMILES string of the molecule is CCCCCCCCCCCCCCCCCCC(CCCCCCCCCCCCCCCCCC)[NH+](C(C)C)C(C)C.[Cl-]. The third kappa shape index (κ3) is 33.9. The van der Waals surface area contributed by atoms with Crippen molar-refractivity contribution < 1.29 is 17.3 Å². The van der Waals surface area contributed by atoms with E-state index in [1.807, 2.05) is 4.90 Å². The lowest BCUT2D eigenvalue weighted by Crippen LogP contribution is -3.21. The minimum Gasteiger partial charge on any atom is -1.00 e. The molecular weight excluding hydrogens is 566 g/mol. The fraction of sp³-hybridized carbons (Fsp3) is 1.00. The minimum atomic E-state index is 0. The molecule has 2 heteroatoms. The topological polar surface area (TPSA) is 4.44 Å². The van der Waals surface area contributed by atoms with Crippen molar-refractivity contribution in [1.82, 2.24) is 0 Å². The lowest BCUT2D eigenvalue weighted by atomic mass is 9.96. The monoisotopic (exact) mass is 656 g/mol. The van der Waals surface area contributed by atoms with Crippen molar-refractivity contribution in [2.75, 3.05) is 0 Å². The Kier molecular flexibility index (Phi) is 40.7. The quantitative estimate of drug-likeness (QED) is 0.0635. The van der Waals surface area contributed by atoms with Crippen LogP contribution in [-0.4, -0.2) is 18.1 Å². The molecule has 0 aliphatic heterocycles. The molecule has 0 aliphatic rings. The van der Waals surface area contributed by atoms with E-state index in [0.717, 1.165) is 18.1 Å². The first-order chi connectivity index (χ1) is 21.5. The molecule has 0 aromatic carbocycles. The molecule has 0 bridgehead atoms. The van der Waals surface area contributed by atoms with Crippen molar-refractivity contribution in [3.05, 3.63) is 0 Å². The summed E-state index contributed by atoms with van der Waals surface area (Å²) >= 11 is 0. The van der Waals surface area contributed by atoms with Crippen LogP contribution in [0.3, 0.4) is 0 Å². The fourth-order valence-electron chi connectivity index (χ4n) is 7.96. The van der Waals surface area contributed by atoms with Gasteiger partial charge in [0.05, 0.1) is 18.1 Å². The number of unbranched alkanes of at least 4 members (excludes halogenated alkanes) is 30. The predicted octanol–water partition coefficient (Wildman–Crippen LogP) is 11.4. The van der Waals surface area contributed by atoms with Crippen molar-refractivity contribution in [3.8, 4) is 0 Å². The lowest BCUT2D eigenvalue weighted by Gasteiger charge is -2.35. The fourth-order valence-corrected chi connectivity index (χ4v) is 7.96. The maximum Gasteiger partial charge on any atom is 0.0878 e. The van der Waals surface area contributed by atoms with Crippen LogP contribution in [-0.2, 0) is 0 Å². The van der Waals surface area contributed by atoms with E-state index >= 15 is 0 Å². The van der Waals surface area contributed by atoms with Gasteiger partial charge in [0.15, 0.2) is 0 Å². The second kappa shape index (κ2) is 38.7. The van der Waals surface area contributed by atoms with E-state index < -0.39 is 0 Å². The maximum atomic E-state index is 2.46. The molecule has 0 radical (unpaired) electrons. The Morgan fingerprint density at radius 3 is 0.644 bits per heavy atom. The highest BCUT2D eigenvalue weighted by Crippen LogP contribution is 2.17. The summed E-state index contributed by atoms with van der Waals surface area (Å²) in [5, 5.41) is 0. The van der Waals surface area contributed by atoms with E-state index in [0.29, 0.717) is 0 Å². The molecule has 0 saturated heterocycles. The number of halogens is 1. The number of quaternary nitrogens is 1. The van der Waals surface area contributed by atoms with E-state index in [1.54, 1.807) is 0 Å². The summed E-state index contributed by atoms with van der Waals surface area (Å²) in [6.07, 6.45) is 49.9. The third-order valence-electron chi connectivity index (χ3n) is 10.6. The van der Waals surface area contributed by atoms with Crippen molar-refractivity contribution in [1.29, 1.82) is 0 Å². The summed E-state index contributed by atoms with van der Waals surface area (Å²) in [6, 6.07) is 2.39. The van der Waals surface area contributed by atoms with Crippen LogP contribution in [0.4, 0.5) is 0 Å². The molecule has 0 saturated carbocycles. The Morgan fingerprint density at radius 2 is 0.467 bits per heavy atom. The van der Waals surface area contributed by atoms with Gasteiger partial charge in [-0.2, -0.15) is 0 Å². The van der Waals surface area contributed by atoms with Gasteiger partial charge >= 0.3 is 0 Å². The minimum absolute atomic E-state index is 0. The molecule has 0 aromatic heterocycles. The average molecular weight is 657 g/mol. The highest BCUT2D eigenvalue weighted by Gasteiger charge is 2.26. The first-order valence-electron chi connectivity index (χ1n) is 21.4. The first kappa shape index (κ1) is 47.4. The van der Waals surface area contributed by atoms with Gasteiger partial charge in [0, 0.05) is 0 Å². The summed E-state index contributed by atoms with van der Waals surface area (Å²) < 4.78 is 0. The van der Waals surface area contributed by atoms with Crippen LogP contribution in [0.15, 0.2) is 0 Å². The molecule has 0 unspecified atom stereocenters. The van der Waals surface area contributed by atoms with Gasteiger partial charge in [-0.1, -0.05) is 206 Å². The van der Waals surface area contributed by atoms with E-state index in [9.17, 15) is 0 Å². The molecule has 0 aromatic rings. The molecule has 0 amide bonds. The standard InChI is InChI=1S/C43H89N.ClH/c1-7-9-11-13-15-17-19-21-23-25-27-29-31-33-35-37-39-43(44(41(3)4)42(5)6)40-38-36-34-32-30-28-26-24-22-20-18-16-14-12-10-8-2;/h41-43H,7-40H2,1-6H3;1H. The Morgan fingerprint density at radius 1 is 0.289 bits per heavy atom. The molecule has 0 fully saturated rings. The molecule has 0 spiro atoms. The molecule has 0 heterocycles. The van der Waals surface area contributed by atoms with E-state index in [1.165, 1.54) is 218 Å². The van der Waals surface area contributed by atoms with E-state index in [2.05, 4.69) is 41.5 Å². The molecule has 1 N–H and O–H groups in total. The Hall–Kier alpha value is 0.250. The highest BCUT2D eigenvalue weighted by atomic mass is 35.5. The number of hydrogen-bond donors (Lipinski definition) is 1. The Labute approximate surface area is 294 Å². The van der Waals surface area contributed by atoms with Crippen LogP contribution in [0.1, 0.15) is 260 Å². The zero-order chi connectivity index (χ0) is 32.4. The Bertz CT molecular complexity index is 474. The predicted molar refractivity (Wildman–Crippen MR) is 203 cm³/mol. The largest absolute Gasteiger partial charge is 1.00 e. The number of hydrogen-bond acceptors (Lipinski definition) is 0. The van der Waals surface area contributed by atoms with Gasteiger partial charge in [-0.3, -0.25) is 0 Å². The lowest BCUT2D eigenvalue weighted by molar-refractivity contribution is -0.966. The van der Waals surface area contributed by atoms with Gasteiger partial charge in [-0.25, -0.2) is 0 Å². The maximum absolute atomic E-state index is 2.46. The van der Waals surface area contributed by atoms with Crippen molar-refractivity contribution in [2.24, 2.45) is 0 Å². The van der Waals surface area contributed by atoms with Crippen LogP contribution < -0.4 is 17.3 Å². The van der Waals surface area contributed by atoms with Crippen molar-refractivity contribution >= 4 is 0 Å². The number of nitrogens with one attached hydrogen (secondary N) is 1. The zero-order valence-electron chi connectivity index (χ0n) is 32.7. The third-order valence-corrected chi connectivity index (χ3v) is 10.6. The Balaban J connectivity index is 0. The molecule has 0 atom stereocenters. The smallest absolute Gasteiger partial charge is 0.0878 e. The van der Waals surface area contributed by atoms with Crippen molar-refractivity contribution in [3.63, 3.8) is 0 Å². The average Bonchev–Trinajstić information content (AvgIpc) is 3.00. The van der Waals surface area contributed by atoms with E-state index in [-0.39, 0.29) is 12.4 Å². The highest BCUT2D eigenvalue weighted by molar-refractivity contribution is 4.62. The first-order valence-corrected chi connectivity index (χ1v) is 21.4. The molecule has 1 nitrogen and oxygen atoms in total. The van der Waals surface area contributed by atoms with Crippen LogP contribution in [0.5, 0.6) is 0 Å². The normalized spacial score (nSPS) is 11.9. The molecule has 0 rings (SSSR count). The summed E-state index contributed by atoms with van der Waals surface area (Å²) in [6.45, 7) is 14.5. The van der Waals surface area contributed by atoms with Gasteiger partial charge in [-0.05, 0) is 53.4 Å². The summed E-state index contributed by atoms with van der Waals surface area (Å²) in [4.78, 5) is 1.88.